The Morgan fingerprint density at radius 1 is 1.09 bits per heavy atom. The van der Waals surface area contributed by atoms with Crippen LogP contribution in [-0.4, -0.2) is 54.5 Å². The van der Waals surface area contributed by atoms with Crippen molar-refractivity contribution in [1.82, 2.24) is 14.5 Å². The van der Waals surface area contributed by atoms with E-state index in [2.05, 4.69) is 5.32 Å². The van der Waals surface area contributed by atoms with Crippen molar-refractivity contribution in [2.75, 3.05) is 13.1 Å². The number of rotatable bonds is 11. The summed E-state index contributed by atoms with van der Waals surface area (Å²) in [6.45, 7) is 4.39. The van der Waals surface area contributed by atoms with Gasteiger partial charge in [0.2, 0.25) is 11.8 Å². The number of halogens is 1. The van der Waals surface area contributed by atoms with Gasteiger partial charge in [0.15, 0.2) is 0 Å². The normalized spacial score (nSPS) is 14.9. The number of hydrogen-bond acceptors (Lipinski definition) is 5. The molecule has 0 radical (unpaired) electrons. The van der Waals surface area contributed by atoms with Gasteiger partial charge < -0.3 is 10.2 Å². The van der Waals surface area contributed by atoms with Crippen LogP contribution in [0.4, 0.5) is 0 Å². The maximum absolute atomic E-state index is 13.3. The quantitative estimate of drug-likeness (QED) is 0.488. The zero-order chi connectivity index (χ0) is 25.6. The first-order chi connectivity index (χ1) is 16.7. The molecule has 0 aliphatic carbocycles. The molecule has 8 nitrogen and oxygen atoms in total. The minimum Gasteiger partial charge on any atom is -0.354 e. The second kappa shape index (κ2) is 11.7. The number of amides is 3. The Morgan fingerprint density at radius 2 is 1.77 bits per heavy atom. The molecule has 3 rings (SSSR count). The molecule has 1 unspecified atom stereocenters. The minimum atomic E-state index is -3.93. The van der Waals surface area contributed by atoms with Crippen LogP contribution in [0.2, 0.25) is 5.02 Å². The average Bonchev–Trinajstić information content (AvgIpc) is 3.04. The minimum absolute atomic E-state index is 0.0131. The number of nitrogens with zero attached hydrogens (tertiary/aromatic N) is 2. The van der Waals surface area contributed by atoms with E-state index in [9.17, 15) is 22.8 Å². The Kier molecular flexibility index (Phi) is 8.91. The highest BCUT2D eigenvalue weighted by Crippen LogP contribution is 2.30. The van der Waals surface area contributed by atoms with E-state index in [0.717, 1.165) is 16.3 Å². The van der Waals surface area contributed by atoms with E-state index in [1.807, 2.05) is 13.8 Å². The molecule has 1 heterocycles. The predicted molar refractivity (Wildman–Crippen MR) is 133 cm³/mol. The van der Waals surface area contributed by atoms with E-state index in [4.69, 9.17) is 11.6 Å². The molecule has 2 aromatic carbocycles. The van der Waals surface area contributed by atoms with Gasteiger partial charge in [-0.1, -0.05) is 49.7 Å². The van der Waals surface area contributed by atoms with Crippen molar-refractivity contribution >= 4 is 39.3 Å². The fourth-order valence-electron chi connectivity index (χ4n) is 4.04. The fraction of sp³-hybridized carbons (Fsp3) is 0.400. The molecule has 0 aromatic heterocycles. The van der Waals surface area contributed by atoms with Crippen molar-refractivity contribution < 1.29 is 22.8 Å². The number of fused-ring (bicyclic) bond motifs is 1. The SMILES string of the molecule is CCCNC(=O)C(CC)N(Cc1ccc(Cl)cc1)C(=O)CCCN1C(=O)c2ccccc2S1(=O)=O. The molecule has 35 heavy (non-hydrogen) atoms. The fourth-order valence-corrected chi connectivity index (χ4v) is 5.78. The molecule has 3 amide bonds. The van der Waals surface area contributed by atoms with E-state index >= 15 is 0 Å². The van der Waals surface area contributed by atoms with Gasteiger partial charge in [0.25, 0.3) is 15.9 Å². The molecule has 1 aliphatic rings. The number of nitrogens with one attached hydrogen (secondary N) is 1. The smallest absolute Gasteiger partial charge is 0.269 e. The van der Waals surface area contributed by atoms with Crippen LogP contribution in [0.25, 0.3) is 0 Å². The van der Waals surface area contributed by atoms with Gasteiger partial charge >= 0.3 is 0 Å². The highest BCUT2D eigenvalue weighted by molar-refractivity contribution is 7.90. The van der Waals surface area contributed by atoms with Crippen molar-refractivity contribution in [3.63, 3.8) is 0 Å². The summed E-state index contributed by atoms with van der Waals surface area (Å²) in [5, 5.41) is 3.42. The second-order valence-corrected chi connectivity index (χ2v) is 10.6. The molecule has 0 bridgehead atoms. The number of sulfonamides is 1. The molecule has 1 aliphatic heterocycles. The molecular formula is C25H30ClN3O5S. The lowest BCUT2D eigenvalue weighted by molar-refractivity contribution is -0.141. The van der Waals surface area contributed by atoms with Crippen LogP contribution in [0.5, 0.6) is 0 Å². The molecular weight excluding hydrogens is 490 g/mol. The lowest BCUT2D eigenvalue weighted by Gasteiger charge is -2.31. The Morgan fingerprint density at radius 3 is 2.40 bits per heavy atom. The van der Waals surface area contributed by atoms with Crippen molar-refractivity contribution in [2.24, 2.45) is 0 Å². The molecule has 2 aromatic rings. The molecule has 0 saturated carbocycles. The highest BCUT2D eigenvalue weighted by Gasteiger charge is 2.40. The first-order valence-corrected chi connectivity index (χ1v) is 13.5. The van der Waals surface area contributed by atoms with Crippen molar-refractivity contribution in [1.29, 1.82) is 0 Å². The zero-order valence-electron chi connectivity index (χ0n) is 19.9. The number of carbonyl (C=O) groups excluding carboxylic acids is 3. The summed E-state index contributed by atoms with van der Waals surface area (Å²) in [6.07, 6.45) is 1.32. The molecule has 0 saturated heterocycles. The van der Waals surface area contributed by atoms with E-state index in [1.54, 1.807) is 36.4 Å². The third kappa shape index (κ3) is 6.02. The van der Waals surface area contributed by atoms with Gasteiger partial charge in [-0.05, 0) is 49.1 Å². The van der Waals surface area contributed by atoms with Crippen molar-refractivity contribution in [3.05, 3.63) is 64.7 Å². The first-order valence-electron chi connectivity index (χ1n) is 11.7. The first kappa shape index (κ1) is 26.7. The number of carbonyl (C=O) groups is 3. The van der Waals surface area contributed by atoms with Gasteiger partial charge in [0, 0.05) is 31.1 Å². The van der Waals surface area contributed by atoms with E-state index < -0.39 is 22.0 Å². The average molecular weight is 520 g/mol. The van der Waals surface area contributed by atoms with Crippen LogP contribution < -0.4 is 5.32 Å². The summed E-state index contributed by atoms with van der Waals surface area (Å²) in [5.74, 6) is -1.11. The number of benzene rings is 2. The van der Waals surface area contributed by atoms with Crippen molar-refractivity contribution in [2.45, 2.75) is 57.0 Å². The molecule has 1 N–H and O–H groups in total. The van der Waals surface area contributed by atoms with Crippen LogP contribution in [0, 0.1) is 0 Å². The Bertz CT molecular complexity index is 1180. The monoisotopic (exact) mass is 519 g/mol. The molecule has 0 spiro atoms. The van der Waals surface area contributed by atoms with E-state index in [1.165, 1.54) is 17.0 Å². The van der Waals surface area contributed by atoms with Gasteiger partial charge in [-0.2, -0.15) is 0 Å². The lowest BCUT2D eigenvalue weighted by atomic mass is 10.1. The maximum Gasteiger partial charge on any atom is 0.269 e. The van der Waals surface area contributed by atoms with E-state index in [0.29, 0.717) is 18.0 Å². The van der Waals surface area contributed by atoms with Crippen LogP contribution in [0.15, 0.2) is 53.4 Å². The largest absolute Gasteiger partial charge is 0.354 e. The van der Waals surface area contributed by atoms with Gasteiger partial charge in [-0.3, -0.25) is 14.4 Å². The molecule has 10 heteroatoms. The van der Waals surface area contributed by atoms with Crippen LogP contribution >= 0.6 is 11.6 Å². The third-order valence-corrected chi connectivity index (χ3v) is 7.96. The summed E-state index contributed by atoms with van der Waals surface area (Å²) in [4.78, 5) is 40.2. The maximum atomic E-state index is 13.3. The van der Waals surface area contributed by atoms with Crippen LogP contribution in [0.1, 0.15) is 55.5 Å². The van der Waals surface area contributed by atoms with Gasteiger partial charge in [0.05, 0.1) is 5.56 Å². The van der Waals surface area contributed by atoms with Gasteiger partial charge in [-0.15, -0.1) is 0 Å². The third-order valence-electron chi connectivity index (χ3n) is 5.87. The topological polar surface area (TPSA) is 104 Å². The Labute approximate surface area is 211 Å². The molecule has 188 valence electrons. The van der Waals surface area contributed by atoms with Gasteiger partial charge in [-0.25, -0.2) is 12.7 Å². The zero-order valence-corrected chi connectivity index (χ0v) is 21.4. The van der Waals surface area contributed by atoms with E-state index in [-0.39, 0.29) is 48.2 Å². The summed E-state index contributed by atoms with van der Waals surface area (Å²) >= 11 is 5.98. The standard InChI is InChI=1S/C25H30ClN3O5S/c1-3-15-27-24(31)21(4-2)28(17-18-11-13-19(26)14-12-18)23(30)10-7-16-29-25(32)20-8-5-6-9-22(20)35(29,33)34/h5-6,8-9,11-14,21H,3-4,7,10,15-17H2,1-2H3,(H,27,31). The highest BCUT2D eigenvalue weighted by atomic mass is 35.5. The molecule has 0 fully saturated rings. The summed E-state index contributed by atoms with van der Waals surface area (Å²) in [6, 6.07) is 12.4. The van der Waals surface area contributed by atoms with Crippen molar-refractivity contribution in [3.8, 4) is 0 Å². The van der Waals surface area contributed by atoms with Gasteiger partial charge in [0.1, 0.15) is 10.9 Å². The lowest BCUT2D eigenvalue weighted by Crippen LogP contribution is -2.49. The summed E-state index contributed by atoms with van der Waals surface area (Å²) in [5.41, 5.74) is 0.957. The predicted octanol–water partition coefficient (Wildman–Crippen LogP) is 3.60. The Hall–Kier alpha value is -2.91. The molecule has 1 atom stereocenters. The second-order valence-electron chi connectivity index (χ2n) is 8.35. The summed E-state index contributed by atoms with van der Waals surface area (Å²) in [7, 11) is -3.93. The van der Waals surface area contributed by atoms with Crippen LogP contribution in [0.3, 0.4) is 0 Å². The van der Waals surface area contributed by atoms with Crippen LogP contribution in [-0.2, 0) is 26.2 Å². The number of hydrogen-bond donors (Lipinski definition) is 1. The Balaban J connectivity index is 1.73. The summed E-state index contributed by atoms with van der Waals surface area (Å²) < 4.78 is 26.3.